The lowest BCUT2D eigenvalue weighted by Gasteiger charge is -2.47. The number of esters is 2. The van der Waals surface area contributed by atoms with Crippen LogP contribution in [0, 0.1) is 0 Å². The molecule has 1 rings (SSSR count). The van der Waals surface area contributed by atoms with Gasteiger partial charge in [-0.2, -0.15) is 0 Å². The predicted molar refractivity (Wildman–Crippen MR) is 110 cm³/mol. The molecule has 29 heavy (non-hydrogen) atoms. The van der Waals surface area contributed by atoms with Crippen LogP contribution < -0.4 is 0 Å². The van der Waals surface area contributed by atoms with Crippen molar-refractivity contribution in [3.05, 3.63) is 11.6 Å². The number of ether oxygens (including phenoxy) is 3. The van der Waals surface area contributed by atoms with Crippen LogP contribution in [0.3, 0.4) is 0 Å². The Hall–Kier alpha value is -1.89. The Morgan fingerprint density at radius 2 is 1.72 bits per heavy atom. The highest BCUT2D eigenvalue weighted by Crippen LogP contribution is 2.33. The normalized spacial score (nSPS) is 22.1. The van der Waals surface area contributed by atoms with Gasteiger partial charge < -0.3 is 19.1 Å². The van der Waals surface area contributed by atoms with Gasteiger partial charge in [-0.1, -0.05) is 13.8 Å². The highest BCUT2D eigenvalue weighted by Gasteiger charge is 2.45. The van der Waals surface area contributed by atoms with Crippen LogP contribution in [0.2, 0.25) is 0 Å². The van der Waals surface area contributed by atoms with Gasteiger partial charge in [-0.05, 0) is 46.6 Å². The summed E-state index contributed by atoms with van der Waals surface area (Å²) in [4.78, 5) is 38.7. The van der Waals surface area contributed by atoms with E-state index in [1.54, 1.807) is 17.9 Å². The topological polar surface area (TPSA) is 82.1 Å². The van der Waals surface area contributed by atoms with E-state index in [2.05, 4.69) is 0 Å². The Labute approximate surface area is 174 Å². The molecule has 7 nitrogen and oxygen atoms in total. The minimum absolute atomic E-state index is 0.0584. The van der Waals surface area contributed by atoms with Crippen molar-refractivity contribution in [1.82, 2.24) is 4.90 Å². The zero-order chi connectivity index (χ0) is 22.4. The molecule has 0 saturated heterocycles. The fourth-order valence-corrected chi connectivity index (χ4v) is 3.90. The zero-order valence-electron chi connectivity index (χ0n) is 19.1. The van der Waals surface area contributed by atoms with E-state index in [0.29, 0.717) is 5.57 Å². The van der Waals surface area contributed by atoms with Crippen LogP contribution in [0.4, 0.5) is 0 Å². The summed E-state index contributed by atoms with van der Waals surface area (Å²) in [6.07, 6.45) is 2.07. The number of nitrogens with zero attached hydrogens (tertiary/aromatic N) is 1. The Morgan fingerprint density at radius 1 is 1.14 bits per heavy atom. The third-order valence-corrected chi connectivity index (χ3v) is 4.99. The fourth-order valence-electron chi connectivity index (χ4n) is 3.90. The molecule has 0 aromatic heterocycles. The number of hydrogen-bond acceptors (Lipinski definition) is 6. The van der Waals surface area contributed by atoms with E-state index in [1.165, 1.54) is 13.8 Å². The lowest BCUT2D eigenvalue weighted by molar-refractivity contribution is -0.171. The third-order valence-electron chi connectivity index (χ3n) is 4.99. The molecule has 7 heteroatoms. The largest absolute Gasteiger partial charge is 0.463 e. The fraction of sp³-hybridized carbons (Fsp3) is 0.773. The smallest absolute Gasteiger partial charge is 0.333 e. The monoisotopic (exact) mass is 411 g/mol. The molecule has 0 spiro atoms. The maximum Gasteiger partial charge on any atom is 0.333 e. The molecule has 1 aliphatic rings. The molecule has 0 heterocycles. The first-order chi connectivity index (χ1) is 13.5. The quantitative estimate of drug-likeness (QED) is 0.569. The van der Waals surface area contributed by atoms with E-state index in [-0.39, 0.29) is 25.0 Å². The van der Waals surface area contributed by atoms with Crippen molar-refractivity contribution >= 4 is 17.8 Å². The molecule has 1 amide bonds. The first-order valence-corrected chi connectivity index (χ1v) is 10.5. The van der Waals surface area contributed by atoms with Crippen molar-refractivity contribution in [3.63, 3.8) is 0 Å². The number of amides is 1. The SMILES string of the molecule is CCOC(=O)C1=C[C@@H](OC(CC)CC)[C@H](OC(C)=O)[C@@H](N(C(C)=O)C(C)(C)C)C1. The van der Waals surface area contributed by atoms with Crippen LogP contribution in [-0.4, -0.2) is 59.2 Å². The number of rotatable bonds is 8. The summed E-state index contributed by atoms with van der Waals surface area (Å²) >= 11 is 0. The second-order valence-electron chi connectivity index (χ2n) is 8.36. The van der Waals surface area contributed by atoms with Crippen LogP contribution in [0.25, 0.3) is 0 Å². The summed E-state index contributed by atoms with van der Waals surface area (Å²) in [6.45, 7) is 14.6. The summed E-state index contributed by atoms with van der Waals surface area (Å²) in [5.74, 6) is -1.05. The summed E-state index contributed by atoms with van der Waals surface area (Å²) in [5.41, 5.74) is -0.0995. The van der Waals surface area contributed by atoms with Gasteiger partial charge in [0.1, 0.15) is 6.10 Å². The van der Waals surface area contributed by atoms with Crippen LogP contribution in [-0.2, 0) is 28.6 Å². The van der Waals surface area contributed by atoms with E-state index in [0.717, 1.165) is 12.8 Å². The molecular formula is C22H37NO6. The van der Waals surface area contributed by atoms with E-state index in [9.17, 15) is 14.4 Å². The number of carbonyl (C=O) groups is 3. The molecular weight excluding hydrogens is 374 g/mol. The zero-order valence-corrected chi connectivity index (χ0v) is 19.1. The molecule has 0 aliphatic heterocycles. The molecule has 166 valence electrons. The van der Waals surface area contributed by atoms with Gasteiger partial charge in [-0.15, -0.1) is 0 Å². The Morgan fingerprint density at radius 3 is 2.14 bits per heavy atom. The number of hydrogen-bond donors (Lipinski definition) is 0. The van der Waals surface area contributed by atoms with Crippen LogP contribution >= 0.6 is 0 Å². The lowest BCUT2D eigenvalue weighted by atomic mass is 9.86. The third kappa shape index (κ3) is 6.84. The van der Waals surface area contributed by atoms with Gasteiger partial charge in [0.15, 0.2) is 6.10 Å². The Kier molecular flexibility index (Phi) is 9.33. The molecule has 0 fully saturated rings. The average molecular weight is 412 g/mol. The molecule has 0 saturated carbocycles. The summed E-state index contributed by atoms with van der Waals surface area (Å²) in [7, 11) is 0. The molecule has 0 unspecified atom stereocenters. The summed E-state index contributed by atoms with van der Waals surface area (Å²) < 4.78 is 17.1. The van der Waals surface area contributed by atoms with E-state index >= 15 is 0 Å². The van der Waals surface area contributed by atoms with Crippen molar-refractivity contribution in [1.29, 1.82) is 0 Å². The second kappa shape index (κ2) is 10.8. The molecule has 0 aromatic rings. The predicted octanol–water partition coefficient (Wildman–Crippen LogP) is 3.40. The highest BCUT2D eigenvalue weighted by atomic mass is 16.6. The maximum atomic E-state index is 12.6. The second-order valence-corrected chi connectivity index (χ2v) is 8.36. The molecule has 1 aliphatic carbocycles. The van der Waals surface area contributed by atoms with Crippen molar-refractivity contribution in [2.24, 2.45) is 0 Å². The van der Waals surface area contributed by atoms with Gasteiger partial charge >= 0.3 is 11.9 Å². The van der Waals surface area contributed by atoms with Gasteiger partial charge in [-0.25, -0.2) is 4.79 Å². The minimum atomic E-state index is -0.714. The molecule has 0 aromatic carbocycles. The van der Waals surface area contributed by atoms with Crippen LogP contribution in [0.1, 0.15) is 74.7 Å². The molecule has 3 atom stereocenters. The lowest BCUT2D eigenvalue weighted by Crippen LogP contribution is -2.60. The maximum absolute atomic E-state index is 12.6. The molecule has 0 radical (unpaired) electrons. The van der Waals surface area contributed by atoms with Crippen molar-refractivity contribution < 1.29 is 28.6 Å². The first kappa shape index (κ1) is 25.1. The Bertz CT molecular complexity index is 617. The summed E-state index contributed by atoms with van der Waals surface area (Å²) in [6, 6.07) is -0.542. The highest BCUT2D eigenvalue weighted by molar-refractivity contribution is 5.89. The van der Waals surface area contributed by atoms with Crippen LogP contribution in [0.5, 0.6) is 0 Å². The van der Waals surface area contributed by atoms with Gasteiger partial charge in [0.2, 0.25) is 5.91 Å². The number of carbonyl (C=O) groups excluding carboxylic acids is 3. The first-order valence-electron chi connectivity index (χ1n) is 10.5. The van der Waals surface area contributed by atoms with Crippen molar-refractivity contribution in [2.45, 2.75) is 105 Å². The van der Waals surface area contributed by atoms with E-state index in [1.807, 2.05) is 34.6 Å². The van der Waals surface area contributed by atoms with Gasteiger partial charge in [-0.3, -0.25) is 9.59 Å². The standard InChI is InChI=1S/C22H37NO6/c1-9-17(10-2)29-19-13-16(21(26)27-11-3)12-18(20(19)28-15(5)25)23(14(4)24)22(6,7)8/h13,17-20H,9-12H2,1-8H3/t18-,19+,20+/m0/s1. The van der Waals surface area contributed by atoms with Crippen molar-refractivity contribution in [2.75, 3.05) is 6.61 Å². The van der Waals surface area contributed by atoms with E-state index in [4.69, 9.17) is 14.2 Å². The minimum Gasteiger partial charge on any atom is -0.463 e. The van der Waals surface area contributed by atoms with Gasteiger partial charge in [0, 0.05) is 31.4 Å². The van der Waals surface area contributed by atoms with Crippen molar-refractivity contribution in [3.8, 4) is 0 Å². The Balaban J connectivity index is 3.49. The van der Waals surface area contributed by atoms with Gasteiger partial charge in [0.25, 0.3) is 0 Å². The van der Waals surface area contributed by atoms with E-state index < -0.39 is 35.7 Å². The average Bonchev–Trinajstić information content (AvgIpc) is 2.59. The van der Waals surface area contributed by atoms with Crippen LogP contribution in [0.15, 0.2) is 11.6 Å². The molecule has 0 bridgehead atoms. The molecule has 0 N–H and O–H groups in total. The summed E-state index contributed by atoms with van der Waals surface area (Å²) in [5, 5.41) is 0. The van der Waals surface area contributed by atoms with Gasteiger partial charge in [0.05, 0.1) is 18.8 Å².